The van der Waals surface area contributed by atoms with Gasteiger partial charge >= 0.3 is 0 Å². The fourth-order valence-corrected chi connectivity index (χ4v) is 3.00. The summed E-state index contributed by atoms with van der Waals surface area (Å²) in [4.78, 5) is 1.92. The molecule has 1 heterocycles. The summed E-state index contributed by atoms with van der Waals surface area (Å²) >= 11 is 5.77. The van der Waals surface area contributed by atoms with E-state index in [1.165, 1.54) is 12.1 Å². The van der Waals surface area contributed by atoms with E-state index in [0.29, 0.717) is 5.88 Å². The minimum absolute atomic E-state index is 0.102. The first-order valence-electron chi connectivity index (χ1n) is 6.87. The highest BCUT2D eigenvalue weighted by atomic mass is 35.5. The molecule has 2 rings (SSSR count). The molecule has 106 valence electrons. The molecule has 1 nitrogen and oxygen atoms in total. The third-order valence-corrected chi connectivity index (χ3v) is 4.01. The van der Waals surface area contributed by atoms with Crippen molar-refractivity contribution in [2.24, 2.45) is 0 Å². The Morgan fingerprint density at radius 2 is 1.95 bits per heavy atom. The lowest BCUT2D eigenvalue weighted by molar-refractivity contribution is -0.0546. The average molecular weight is 288 g/mol. The SMILES string of the molecule is FC(F)(CN1CCCCC1CCCl)c1ccccc1. The maximum Gasteiger partial charge on any atom is 0.285 e. The van der Waals surface area contributed by atoms with E-state index in [9.17, 15) is 8.78 Å². The molecule has 0 spiro atoms. The fraction of sp³-hybridized carbons (Fsp3) is 0.600. The highest BCUT2D eigenvalue weighted by molar-refractivity contribution is 6.17. The molecule has 0 radical (unpaired) electrons. The van der Waals surface area contributed by atoms with Crippen molar-refractivity contribution in [3.63, 3.8) is 0 Å². The second kappa shape index (κ2) is 6.67. The number of halogens is 3. The molecule has 1 saturated heterocycles. The first-order chi connectivity index (χ1) is 9.13. The van der Waals surface area contributed by atoms with Crippen molar-refractivity contribution in [1.82, 2.24) is 4.90 Å². The number of alkyl halides is 3. The van der Waals surface area contributed by atoms with Crippen LogP contribution in [0.4, 0.5) is 8.78 Å². The minimum Gasteiger partial charge on any atom is -0.294 e. The van der Waals surface area contributed by atoms with Crippen LogP contribution in [0.2, 0.25) is 0 Å². The van der Waals surface area contributed by atoms with Crippen LogP contribution in [0.5, 0.6) is 0 Å². The van der Waals surface area contributed by atoms with Crippen molar-refractivity contribution < 1.29 is 8.78 Å². The molecule has 1 aromatic rings. The third kappa shape index (κ3) is 3.90. The summed E-state index contributed by atoms with van der Waals surface area (Å²) in [5.74, 6) is -2.25. The first-order valence-corrected chi connectivity index (χ1v) is 7.40. The highest BCUT2D eigenvalue weighted by Gasteiger charge is 2.36. The summed E-state index contributed by atoms with van der Waals surface area (Å²) in [5.41, 5.74) is 0.102. The number of piperidine rings is 1. The number of hydrogen-bond acceptors (Lipinski definition) is 1. The standard InChI is InChI=1S/C15H20ClF2N/c16-10-9-14-8-4-5-11-19(14)12-15(17,18)13-6-2-1-3-7-13/h1-3,6-7,14H,4-5,8-12H2. The van der Waals surface area contributed by atoms with Gasteiger partial charge in [0.15, 0.2) is 0 Å². The van der Waals surface area contributed by atoms with Crippen molar-refractivity contribution in [2.45, 2.75) is 37.6 Å². The number of hydrogen-bond donors (Lipinski definition) is 0. The molecule has 19 heavy (non-hydrogen) atoms. The molecule has 0 N–H and O–H groups in total. The Morgan fingerprint density at radius 1 is 1.21 bits per heavy atom. The molecule has 0 amide bonds. The predicted molar refractivity (Wildman–Crippen MR) is 74.9 cm³/mol. The van der Waals surface area contributed by atoms with Crippen molar-refractivity contribution in [3.8, 4) is 0 Å². The van der Waals surface area contributed by atoms with Crippen LogP contribution < -0.4 is 0 Å². The summed E-state index contributed by atoms with van der Waals surface area (Å²) in [6.07, 6.45) is 3.91. The van der Waals surface area contributed by atoms with Crippen LogP contribution in [-0.4, -0.2) is 29.9 Å². The molecule has 0 aliphatic carbocycles. The number of likely N-dealkylation sites (tertiary alicyclic amines) is 1. The van der Waals surface area contributed by atoms with Crippen LogP contribution in [-0.2, 0) is 5.92 Å². The summed E-state index contributed by atoms with van der Waals surface area (Å²) in [7, 11) is 0. The zero-order valence-corrected chi connectivity index (χ0v) is 11.8. The van der Waals surface area contributed by atoms with Crippen LogP contribution in [0.3, 0.4) is 0 Å². The van der Waals surface area contributed by atoms with Crippen LogP contribution in [0, 0.1) is 0 Å². The average Bonchev–Trinajstić information content (AvgIpc) is 2.42. The molecule has 0 saturated carbocycles. The van der Waals surface area contributed by atoms with Gasteiger partial charge in [-0.25, -0.2) is 0 Å². The van der Waals surface area contributed by atoms with Crippen molar-refractivity contribution in [2.75, 3.05) is 19.0 Å². The quantitative estimate of drug-likeness (QED) is 0.731. The van der Waals surface area contributed by atoms with Crippen LogP contribution in [0.1, 0.15) is 31.2 Å². The van der Waals surface area contributed by atoms with Gasteiger partial charge in [0.1, 0.15) is 0 Å². The molecule has 1 fully saturated rings. The van der Waals surface area contributed by atoms with Gasteiger partial charge in [-0.15, -0.1) is 11.6 Å². The summed E-state index contributed by atoms with van der Waals surface area (Å²) in [5, 5.41) is 0. The zero-order valence-electron chi connectivity index (χ0n) is 11.0. The molecule has 0 bridgehead atoms. The van der Waals surface area contributed by atoms with Gasteiger partial charge in [-0.3, -0.25) is 4.90 Å². The Labute approximate surface area is 118 Å². The lowest BCUT2D eigenvalue weighted by Gasteiger charge is -2.37. The van der Waals surface area contributed by atoms with Gasteiger partial charge in [-0.2, -0.15) is 8.78 Å². The smallest absolute Gasteiger partial charge is 0.285 e. The number of benzene rings is 1. The largest absolute Gasteiger partial charge is 0.294 e. The van der Waals surface area contributed by atoms with Crippen molar-refractivity contribution in [3.05, 3.63) is 35.9 Å². The summed E-state index contributed by atoms with van der Waals surface area (Å²) < 4.78 is 28.6. The van der Waals surface area contributed by atoms with E-state index in [0.717, 1.165) is 32.2 Å². The van der Waals surface area contributed by atoms with E-state index in [4.69, 9.17) is 11.6 Å². The molecule has 4 heteroatoms. The van der Waals surface area contributed by atoms with Crippen molar-refractivity contribution >= 4 is 11.6 Å². The highest BCUT2D eigenvalue weighted by Crippen LogP contribution is 2.31. The van der Waals surface area contributed by atoms with Crippen molar-refractivity contribution in [1.29, 1.82) is 0 Å². The second-order valence-corrected chi connectivity index (χ2v) is 5.55. The number of rotatable bonds is 5. The van der Waals surface area contributed by atoms with Gasteiger partial charge in [0.05, 0.1) is 6.54 Å². The van der Waals surface area contributed by atoms with Gasteiger partial charge < -0.3 is 0 Å². The normalized spacial score (nSPS) is 21.5. The molecule has 1 aromatic carbocycles. The topological polar surface area (TPSA) is 3.24 Å². The predicted octanol–water partition coefficient (Wildman–Crippen LogP) is 4.26. The van der Waals surface area contributed by atoms with E-state index in [1.54, 1.807) is 18.2 Å². The zero-order chi connectivity index (χ0) is 13.7. The van der Waals surface area contributed by atoms with E-state index in [-0.39, 0.29) is 18.2 Å². The van der Waals surface area contributed by atoms with Crippen LogP contribution >= 0.6 is 11.6 Å². The fourth-order valence-electron chi connectivity index (χ4n) is 2.75. The molecular weight excluding hydrogens is 268 g/mol. The monoisotopic (exact) mass is 287 g/mol. The van der Waals surface area contributed by atoms with E-state index >= 15 is 0 Å². The molecule has 1 aliphatic rings. The van der Waals surface area contributed by atoms with E-state index in [2.05, 4.69) is 0 Å². The maximum absolute atomic E-state index is 14.3. The summed E-state index contributed by atoms with van der Waals surface area (Å²) in [6, 6.07) is 8.30. The van der Waals surface area contributed by atoms with Gasteiger partial charge in [0.2, 0.25) is 0 Å². The minimum atomic E-state index is -2.79. The Morgan fingerprint density at radius 3 is 2.63 bits per heavy atom. The molecule has 1 aliphatic heterocycles. The maximum atomic E-state index is 14.3. The van der Waals surface area contributed by atoms with E-state index < -0.39 is 5.92 Å². The Hall–Kier alpha value is -0.670. The van der Waals surface area contributed by atoms with Crippen LogP contribution in [0.15, 0.2) is 30.3 Å². The molecule has 1 unspecified atom stereocenters. The Balaban J connectivity index is 2.05. The Bertz CT molecular complexity index is 381. The second-order valence-electron chi connectivity index (χ2n) is 5.17. The van der Waals surface area contributed by atoms with Gasteiger partial charge in [0, 0.05) is 17.5 Å². The molecular formula is C15H20ClF2N. The van der Waals surface area contributed by atoms with E-state index in [1.807, 2.05) is 4.90 Å². The molecule has 0 aromatic heterocycles. The third-order valence-electron chi connectivity index (χ3n) is 3.79. The van der Waals surface area contributed by atoms with Gasteiger partial charge in [0.25, 0.3) is 5.92 Å². The number of nitrogens with zero attached hydrogens (tertiary/aromatic N) is 1. The molecule has 1 atom stereocenters. The Kier molecular flexibility index (Phi) is 5.17. The van der Waals surface area contributed by atoms with Gasteiger partial charge in [-0.05, 0) is 25.8 Å². The lowest BCUT2D eigenvalue weighted by atomic mass is 9.98. The summed E-state index contributed by atoms with van der Waals surface area (Å²) in [6.45, 7) is 0.558. The lowest BCUT2D eigenvalue weighted by Crippen LogP contribution is -2.45. The van der Waals surface area contributed by atoms with Crippen LogP contribution in [0.25, 0.3) is 0 Å². The van der Waals surface area contributed by atoms with Gasteiger partial charge in [-0.1, -0.05) is 36.8 Å². The first kappa shape index (κ1) is 14.7.